The van der Waals surface area contributed by atoms with E-state index in [9.17, 15) is 18.4 Å². The number of benzene rings is 2. The number of rotatable bonds is 6. The molecule has 0 fully saturated rings. The minimum atomic E-state index is -2.49. The van der Waals surface area contributed by atoms with Crippen LogP contribution in [0.25, 0.3) is 0 Å². The van der Waals surface area contributed by atoms with Gasteiger partial charge in [0.15, 0.2) is 0 Å². The van der Waals surface area contributed by atoms with Crippen molar-refractivity contribution in [3.8, 4) is 0 Å². The molecule has 0 spiro atoms. The zero-order valence-electron chi connectivity index (χ0n) is 12.8. The maximum atomic E-state index is 12.2. The molecule has 0 atom stereocenters. The topological polar surface area (TPSA) is 55.4 Å². The normalized spacial score (nSPS) is 10.5. The van der Waals surface area contributed by atoms with E-state index in [2.05, 4.69) is 10.1 Å². The van der Waals surface area contributed by atoms with E-state index in [0.717, 1.165) is 5.56 Å². The van der Waals surface area contributed by atoms with Gasteiger partial charge in [-0.3, -0.25) is 4.79 Å². The van der Waals surface area contributed by atoms with E-state index in [0.29, 0.717) is 27.8 Å². The summed E-state index contributed by atoms with van der Waals surface area (Å²) in [7, 11) is 1.31. The van der Waals surface area contributed by atoms with E-state index in [1.165, 1.54) is 31.4 Å². The molecule has 4 nitrogen and oxygen atoms in total. The van der Waals surface area contributed by atoms with Crippen LogP contribution in [-0.2, 0) is 11.3 Å². The Morgan fingerprint density at radius 3 is 2.17 bits per heavy atom. The predicted molar refractivity (Wildman–Crippen MR) is 87.3 cm³/mol. The number of alkyl halides is 2. The number of esters is 1. The molecule has 2 aromatic rings. The number of carbonyl (C=O) groups excluding carboxylic acids is 2. The van der Waals surface area contributed by atoms with Gasteiger partial charge < -0.3 is 10.1 Å². The first-order valence-electron chi connectivity index (χ1n) is 7.00. The largest absolute Gasteiger partial charge is 0.465 e. The average molecular weight is 351 g/mol. The van der Waals surface area contributed by atoms with E-state index in [1.807, 2.05) is 0 Å². The second kappa shape index (κ2) is 8.44. The van der Waals surface area contributed by atoms with Crippen molar-refractivity contribution < 1.29 is 23.1 Å². The maximum Gasteiger partial charge on any atom is 0.337 e. The number of halogens is 2. The smallest absolute Gasteiger partial charge is 0.337 e. The van der Waals surface area contributed by atoms with Gasteiger partial charge in [0.05, 0.1) is 12.7 Å². The van der Waals surface area contributed by atoms with Crippen molar-refractivity contribution >= 4 is 23.6 Å². The molecule has 1 amide bonds. The van der Waals surface area contributed by atoms with Gasteiger partial charge in [-0.25, -0.2) is 4.79 Å². The predicted octanol–water partition coefficient (Wildman–Crippen LogP) is 3.72. The summed E-state index contributed by atoms with van der Waals surface area (Å²) in [6.45, 7) is 0.286. The number of ether oxygens (including phenoxy) is 1. The van der Waals surface area contributed by atoms with Crippen LogP contribution in [0.1, 0.15) is 26.3 Å². The molecule has 126 valence electrons. The third kappa shape index (κ3) is 5.06. The van der Waals surface area contributed by atoms with E-state index < -0.39 is 11.7 Å². The van der Waals surface area contributed by atoms with Gasteiger partial charge in [0.2, 0.25) is 0 Å². The van der Waals surface area contributed by atoms with E-state index in [-0.39, 0.29) is 12.5 Å². The van der Waals surface area contributed by atoms with Crippen molar-refractivity contribution in [2.45, 2.75) is 17.2 Å². The summed E-state index contributed by atoms with van der Waals surface area (Å²) in [4.78, 5) is 23.8. The highest BCUT2D eigenvalue weighted by Gasteiger charge is 2.09. The zero-order chi connectivity index (χ0) is 17.5. The number of amides is 1. The minimum absolute atomic E-state index is 0.286. The number of carbonyl (C=O) groups is 2. The van der Waals surface area contributed by atoms with Crippen LogP contribution in [0.15, 0.2) is 53.4 Å². The monoisotopic (exact) mass is 351 g/mol. The molecule has 0 saturated carbocycles. The zero-order valence-corrected chi connectivity index (χ0v) is 13.6. The van der Waals surface area contributed by atoms with Crippen LogP contribution in [0, 0.1) is 0 Å². The Bertz CT molecular complexity index is 703. The van der Waals surface area contributed by atoms with Gasteiger partial charge in [-0.15, -0.1) is 0 Å². The fourth-order valence-electron chi connectivity index (χ4n) is 1.95. The van der Waals surface area contributed by atoms with Gasteiger partial charge in [-0.05, 0) is 42.0 Å². The molecule has 0 radical (unpaired) electrons. The molecule has 24 heavy (non-hydrogen) atoms. The Morgan fingerprint density at radius 1 is 1.04 bits per heavy atom. The van der Waals surface area contributed by atoms with Gasteiger partial charge in [-0.2, -0.15) is 8.78 Å². The van der Waals surface area contributed by atoms with Crippen molar-refractivity contribution in [2.75, 3.05) is 7.11 Å². The van der Waals surface area contributed by atoms with E-state index in [4.69, 9.17) is 0 Å². The lowest BCUT2D eigenvalue weighted by Crippen LogP contribution is -2.22. The standard InChI is InChI=1S/C17H15F2NO3S/c1-23-16(22)13-4-2-11(3-5-13)10-20-15(21)12-6-8-14(9-7-12)24-17(18)19/h2-9,17H,10H2,1H3,(H,20,21). The van der Waals surface area contributed by atoms with Crippen molar-refractivity contribution in [1.82, 2.24) is 5.32 Å². The lowest BCUT2D eigenvalue weighted by molar-refractivity contribution is 0.0600. The first-order chi connectivity index (χ1) is 11.5. The molecule has 7 heteroatoms. The van der Waals surface area contributed by atoms with Crippen molar-refractivity contribution in [3.63, 3.8) is 0 Å². The molecule has 1 N–H and O–H groups in total. The third-order valence-corrected chi connectivity index (χ3v) is 3.89. The van der Waals surface area contributed by atoms with Gasteiger partial charge >= 0.3 is 5.97 Å². The highest BCUT2D eigenvalue weighted by atomic mass is 32.2. The summed E-state index contributed by atoms with van der Waals surface area (Å²) in [5.41, 5.74) is 1.64. The summed E-state index contributed by atoms with van der Waals surface area (Å²) in [6.07, 6.45) is 0. The van der Waals surface area contributed by atoms with Crippen molar-refractivity contribution in [1.29, 1.82) is 0 Å². The van der Waals surface area contributed by atoms with Crippen LogP contribution in [0.4, 0.5) is 8.78 Å². The molecular formula is C17H15F2NO3S. The van der Waals surface area contributed by atoms with Crippen LogP contribution in [0.2, 0.25) is 0 Å². The number of hydrogen-bond donors (Lipinski definition) is 1. The summed E-state index contributed by atoms with van der Waals surface area (Å²) in [6, 6.07) is 12.6. The molecule has 0 saturated heterocycles. The molecule has 0 bridgehead atoms. The second-order valence-corrected chi connectivity index (χ2v) is 5.84. The summed E-state index contributed by atoms with van der Waals surface area (Å²) in [5.74, 6) is -3.22. The SMILES string of the molecule is COC(=O)c1ccc(CNC(=O)c2ccc(SC(F)F)cc2)cc1. The number of hydrogen-bond acceptors (Lipinski definition) is 4. The molecule has 0 aliphatic heterocycles. The van der Waals surface area contributed by atoms with Crippen molar-refractivity contribution in [3.05, 3.63) is 65.2 Å². The second-order valence-electron chi connectivity index (χ2n) is 4.77. The number of nitrogens with one attached hydrogen (secondary N) is 1. The van der Waals surface area contributed by atoms with E-state index in [1.54, 1.807) is 24.3 Å². The Morgan fingerprint density at radius 2 is 1.62 bits per heavy atom. The fourth-order valence-corrected chi connectivity index (χ4v) is 2.45. The van der Waals surface area contributed by atoms with Crippen LogP contribution in [0.3, 0.4) is 0 Å². The maximum absolute atomic E-state index is 12.2. The average Bonchev–Trinajstić information content (AvgIpc) is 2.59. The van der Waals surface area contributed by atoms with Crippen molar-refractivity contribution in [2.24, 2.45) is 0 Å². The third-order valence-electron chi connectivity index (χ3n) is 3.17. The Labute approximate surface area is 142 Å². The Balaban J connectivity index is 1.91. The highest BCUT2D eigenvalue weighted by Crippen LogP contribution is 2.25. The minimum Gasteiger partial charge on any atom is -0.465 e. The van der Waals surface area contributed by atoms with Crippen LogP contribution < -0.4 is 5.32 Å². The van der Waals surface area contributed by atoms with Crippen LogP contribution in [-0.4, -0.2) is 24.7 Å². The molecule has 0 aliphatic carbocycles. The first-order valence-corrected chi connectivity index (χ1v) is 7.88. The lowest BCUT2D eigenvalue weighted by Gasteiger charge is -2.07. The number of thioether (sulfide) groups is 1. The Kier molecular flexibility index (Phi) is 6.31. The van der Waals surface area contributed by atoms with Gasteiger partial charge in [0, 0.05) is 17.0 Å². The number of methoxy groups -OCH3 is 1. The molecule has 0 aromatic heterocycles. The molecule has 0 aliphatic rings. The fraction of sp³-hybridized carbons (Fsp3) is 0.176. The van der Waals surface area contributed by atoms with Gasteiger partial charge in [0.1, 0.15) is 0 Å². The Hall–Kier alpha value is -2.41. The highest BCUT2D eigenvalue weighted by molar-refractivity contribution is 7.99. The summed E-state index contributed by atoms with van der Waals surface area (Å²) in [5, 5.41) is 2.73. The van der Waals surface area contributed by atoms with Crippen LogP contribution >= 0.6 is 11.8 Å². The molecule has 2 rings (SSSR count). The van der Waals surface area contributed by atoms with E-state index >= 15 is 0 Å². The molecule has 2 aromatic carbocycles. The summed E-state index contributed by atoms with van der Waals surface area (Å²) < 4.78 is 29.1. The lowest BCUT2D eigenvalue weighted by atomic mass is 10.1. The summed E-state index contributed by atoms with van der Waals surface area (Å²) >= 11 is 0.432. The molecule has 0 heterocycles. The quantitative estimate of drug-likeness (QED) is 0.637. The molecule has 0 unspecified atom stereocenters. The van der Waals surface area contributed by atoms with Crippen LogP contribution in [0.5, 0.6) is 0 Å². The van der Waals surface area contributed by atoms with Gasteiger partial charge in [-0.1, -0.05) is 23.9 Å². The molecular weight excluding hydrogens is 336 g/mol. The van der Waals surface area contributed by atoms with Gasteiger partial charge in [0.25, 0.3) is 11.7 Å². The first kappa shape index (κ1) is 17.9.